The van der Waals surface area contributed by atoms with Gasteiger partial charge in [-0.1, -0.05) is 42.5 Å². The summed E-state index contributed by atoms with van der Waals surface area (Å²) in [5.41, 5.74) is 4.11. The van der Waals surface area contributed by atoms with Crippen molar-refractivity contribution in [3.8, 4) is 33.9 Å². The van der Waals surface area contributed by atoms with Crippen molar-refractivity contribution in [2.75, 3.05) is 13.1 Å². The number of rotatable bonds is 6. The molecule has 9 heteroatoms. The Hall–Kier alpha value is -3.88. The molecule has 0 bridgehead atoms. The monoisotopic (exact) mass is 440 g/mol. The maximum Gasteiger partial charge on any atom is 0.225 e. The normalized spacial score (nSPS) is 18.1. The van der Waals surface area contributed by atoms with E-state index in [0.29, 0.717) is 23.6 Å². The van der Waals surface area contributed by atoms with Crippen molar-refractivity contribution in [2.45, 2.75) is 25.8 Å². The largest absolute Gasteiger partial charge is 0.342 e. The fraction of sp³-hybridized carbons (Fsp3) is 0.333. The molecule has 2 aliphatic rings. The Balaban J connectivity index is 1.17. The van der Waals surface area contributed by atoms with Crippen LogP contribution in [0.25, 0.3) is 33.9 Å². The molecule has 2 aromatic carbocycles. The smallest absolute Gasteiger partial charge is 0.225 e. The fourth-order valence-electron chi connectivity index (χ4n) is 4.59. The summed E-state index contributed by atoms with van der Waals surface area (Å²) in [6.45, 7) is 2.53. The van der Waals surface area contributed by atoms with Crippen LogP contribution in [0.15, 0.2) is 54.9 Å². The van der Waals surface area contributed by atoms with Crippen LogP contribution in [0, 0.1) is 11.8 Å². The number of aromatic nitrogens is 7. The third-order valence-electron chi connectivity index (χ3n) is 6.54. The first-order valence-corrected chi connectivity index (χ1v) is 11.4. The molecule has 1 aliphatic carbocycles. The van der Waals surface area contributed by atoms with E-state index < -0.39 is 0 Å². The molecule has 2 fully saturated rings. The minimum Gasteiger partial charge on any atom is -0.342 e. The summed E-state index contributed by atoms with van der Waals surface area (Å²) >= 11 is 0. The molecule has 33 heavy (non-hydrogen) atoms. The van der Waals surface area contributed by atoms with Gasteiger partial charge in [-0.2, -0.15) is 5.21 Å². The Labute approximate surface area is 190 Å². The summed E-state index contributed by atoms with van der Waals surface area (Å²) in [5, 5.41) is 22.8. The van der Waals surface area contributed by atoms with Gasteiger partial charge < -0.3 is 9.47 Å². The molecule has 1 saturated carbocycles. The van der Waals surface area contributed by atoms with E-state index in [9.17, 15) is 4.79 Å². The van der Waals surface area contributed by atoms with Gasteiger partial charge in [-0.25, -0.2) is 0 Å². The van der Waals surface area contributed by atoms with E-state index in [-0.39, 0.29) is 0 Å². The van der Waals surface area contributed by atoms with E-state index in [2.05, 4.69) is 71.8 Å². The third-order valence-corrected chi connectivity index (χ3v) is 6.54. The topological polar surface area (TPSA) is 105 Å². The number of hydrogen-bond donors (Lipinski definition) is 1. The molecule has 1 N–H and O–H groups in total. The summed E-state index contributed by atoms with van der Waals surface area (Å²) < 4.78 is 2.11. The molecular weight excluding hydrogens is 416 g/mol. The van der Waals surface area contributed by atoms with Crippen LogP contribution in [0.3, 0.4) is 0 Å². The molecule has 0 spiro atoms. The number of carbonyl (C=O) groups excluding carboxylic acids is 1. The van der Waals surface area contributed by atoms with Gasteiger partial charge in [-0.05, 0) is 47.6 Å². The Morgan fingerprint density at radius 3 is 2.58 bits per heavy atom. The summed E-state index contributed by atoms with van der Waals surface area (Å²) in [7, 11) is 0. The lowest BCUT2D eigenvalue weighted by atomic mass is 10.0. The van der Waals surface area contributed by atoms with Crippen LogP contribution in [0.2, 0.25) is 0 Å². The molecule has 0 unspecified atom stereocenters. The molecule has 166 valence electrons. The SMILES string of the molecule is O=C(C1CC1)N1CC[C@@H](Cn2cnnc2-c2ccc(-c3cccc(-c4nn[nH]n4)c3)cc2)C1. The summed E-state index contributed by atoms with van der Waals surface area (Å²) in [6.07, 6.45) is 4.95. The zero-order valence-electron chi connectivity index (χ0n) is 18.1. The van der Waals surface area contributed by atoms with Gasteiger partial charge in [0.2, 0.25) is 11.7 Å². The fourth-order valence-corrected chi connectivity index (χ4v) is 4.59. The average molecular weight is 441 g/mol. The van der Waals surface area contributed by atoms with Gasteiger partial charge in [0.25, 0.3) is 0 Å². The molecule has 2 aromatic heterocycles. The average Bonchev–Trinajstić information content (AvgIpc) is 3.23. The van der Waals surface area contributed by atoms with Crippen molar-refractivity contribution < 1.29 is 4.79 Å². The maximum atomic E-state index is 12.4. The second-order valence-corrected chi connectivity index (χ2v) is 8.91. The first-order valence-electron chi connectivity index (χ1n) is 11.4. The summed E-state index contributed by atoms with van der Waals surface area (Å²) in [6, 6.07) is 16.4. The predicted octanol–water partition coefficient (Wildman–Crippen LogP) is 3.05. The van der Waals surface area contributed by atoms with Crippen molar-refractivity contribution in [1.29, 1.82) is 0 Å². The second-order valence-electron chi connectivity index (χ2n) is 8.91. The standard InChI is InChI=1S/C24H24N8O/c33-24(19-8-9-19)31-11-10-16(13-31)14-32-15-25-28-23(32)18-6-4-17(5-7-18)20-2-1-3-21(12-20)22-26-29-30-27-22/h1-7,12,15-16,19H,8-11,13-14H2,(H,26,27,29,30)/t16-/m1/s1. The number of nitrogens with one attached hydrogen (secondary N) is 1. The van der Waals surface area contributed by atoms with Crippen molar-refractivity contribution in [3.05, 3.63) is 54.9 Å². The highest BCUT2D eigenvalue weighted by molar-refractivity contribution is 5.81. The Morgan fingerprint density at radius 2 is 1.79 bits per heavy atom. The van der Waals surface area contributed by atoms with Crippen LogP contribution in [0.1, 0.15) is 19.3 Å². The quantitative estimate of drug-likeness (QED) is 0.494. The van der Waals surface area contributed by atoms with Crippen LogP contribution < -0.4 is 0 Å². The lowest BCUT2D eigenvalue weighted by Crippen LogP contribution is -2.30. The molecule has 4 aromatic rings. The number of likely N-dealkylation sites (tertiary alicyclic amines) is 1. The number of nitrogens with zero attached hydrogens (tertiary/aromatic N) is 7. The molecular formula is C24H24N8O. The first-order chi connectivity index (χ1) is 16.2. The number of amides is 1. The summed E-state index contributed by atoms with van der Waals surface area (Å²) in [4.78, 5) is 14.4. The lowest BCUT2D eigenvalue weighted by molar-refractivity contribution is -0.131. The lowest BCUT2D eigenvalue weighted by Gasteiger charge is -2.17. The van der Waals surface area contributed by atoms with Crippen molar-refractivity contribution >= 4 is 5.91 Å². The van der Waals surface area contributed by atoms with E-state index in [0.717, 1.165) is 67.0 Å². The van der Waals surface area contributed by atoms with Crippen molar-refractivity contribution in [1.82, 2.24) is 40.3 Å². The van der Waals surface area contributed by atoms with Crippen LogP contribution >= 0.6 is 0 Å². The minimum absolute atomic E-state index is 0.292. The van der Waals surface area contributed by atoms with Gasteiger partial charge in [0.15, 0.2) is 5.82 Å². The van der Waals surface area contributed by atoms with E-state index in [1.807, 2.05) is 17.0 Å². The van der Waals surface area contributed by atoms with Gasteiger partial charge in [0, 0.05) is 36.7 Å². The predicted molar refractivity (Wildman–Crippen MR) is 121 cm³/mol. The van der Waals surface area contributed by atoms with E-state index >= 15 is 0 Å². The minimum atomic E-state index is 0.292. The maximum absolute atomic E-state index is 12.4. The Bertz CT molecular complexity index is 1260. The van der Waals surface area contributed by atoms with Gasteiger partial charge in [0.1, 0.15) is 6.33 Å². The van der Waals surface area contributed by atoms with Crippen LogP contribution in [0.5, 0.6) is 0 Å². The molecule has 1 aliphatic heterocycles. The number of tetrazole rings is 1. The van der Waals surface area contributed by atoms with Crippen LogP contribution in [-0.2, 0) is 11.3 Å². The molecule has 3 heterocycles. The van der Waals surface area contributed by atoms with Gasteiger partial charge in [-0.15, -0.1) is 20.4 Å². The number of H-pyrrole nitrogens is 1. The van der Waals surface area contributed by atoms with E-state index in [4.69, 9.17) is 0 Å². The first kappa shape index (κ1) is 19.8. The van der Waals surface area contributed by atoms with Crippen molar-refractivity contribution in [2.24, 2.45) is 11.8 Å². The molecule has 9 nitrogen and oxygen atoms in total. The molecule has 1 amide bonds. The zero-order chi connectivity index (χ0) is 22.2. The molecule has 0 radical (unpaired) electrons. The number of hydrogen-bond acceptors (Lipinski definition) is 6. The molecule has 1 atom stereocenters. The second kappa shape index (κ2) is 8.23. The highest BCUT2D eigenvalue weighted by Crippen LogP contribution is 2.33. The molecule has 1 saturated heterocycles. The number of aromatic amines is 1. The number of carbonyl (C=O) groups is 1. The summed E-state index contributed by atoms with van der Waals surface area (Å²) in [5.74, 6) is 2.51. The van der Waals surface area contributed by atoms with E-state index in [1.165, 1.54) is 0 Å². The van der Waals surface area contributed by atoms with Gasteiger partial charge >= 0.3 is 0 Å². The zero-order valence-corrected chi connectivity index (χ0v) is 18.1. The van der Waals surface area contributed by atoms with Gasteiger partial charge in [0.05, 0.1) is 0 Å². The molecule has 6 rings (SSSR count). The van der Waals surface area contributed by atoms with Crippen LogP contribution in [-0.4, -0.2) is 59.3 Å². The Morgan fingerprint density at radius 1 is 0.970 bits per heavy atom. The van der Waals surface area contributed by atoms with Crippen molar-refractivity contribution in [3.63, 3.8) is 0 Å². The number of benzene rings is 2. The highest BCUT2D eigenvalue weighted by Gasteiger charge is 2.36. The highest BCUT2D eigenvalue weighted by atomic mass is 16.2. The van der Waals surface area contributed by atoms with Gasteiger partial charge in [-0.3, -0.25) is 4.79 Å². The van der Waals surface area contributed by atoms with Crippen LogP contribution in [0.4, 0.5) is 0 Å². The Kier molecular flexibility index (Phi) is 4.93. The third kappa shape index (κ3) is 4.02. The van der Waals surface area contributed by atoms with E-state index in [1.54, 1.807) is 6.33 Å².